The molecule has 0 spiro atoms. The first-order valence-corrected chi connectivity index (χ1v) is 7.38. The van der Waals surface area contributed by atoms with Gasteiger partial charge in [-0.3, -0.25) is 0 Å². The third kappa shape index (κ3) is 2.98. The van der Waals surface area contributed by atoms with Crippen LogP contribution in [0.15, 0.2) is 16.6 Å². The Morgan fingerprint density at radius 1 is 1.22 bits per heavy atom. The summed E-state index contributed by atoms with van der Waals surface area (Å²) in [6.45, 7) is 6.56. The number of hydrogen-bond acceptors (Lipinski definition) is 3. The molecule has 4 heteroatoms. The minimum Gasteiger partial charge on any atom is -0.486 e. The Balaban J connectivity index is 2.30. The molecule has 0 saturated heterocycles. The summed E-state index contributed by atoms with van der Waals surface area (Å²) in [5.41, 5.74) is 1.25. The summed E-state index contributed by atoms with van der Waals surface area (Å²) in [5.74, 6) is 1.70. The molecule has 1 atom stereocenters. The molecule has 0 bridgehead atoms. The van der Waals surface area contributed by atoms with Crippen LogP contribution < -0.4 is 14.8 Å². The van der Waals surface area contributed by atoms with Crippen molar-refractivity contribution in [1.82, 2.24) is 5.32 Å². The van der Waals surface area contributed by atoms with E-state index in [-0.39, 0.29) is 0 Å². The van der Waals surface area contributed by atoms with E-state index in [1.807, 2.05) is 6.07 Å². The predicted molar refractivity (Wildman–Crippen MR) is 76.5 cm³/mol. The molecule has 1 heterocycles. The number of halogens is 1. The van der Waals surface area contributed by atoms with E-state index in [1.54, 1.807) is 0 Å². The first-order valence-electron chi connectivity index (χ1n) is 6.58. The molecular formula is C14H20BrNO2. The molecule has 3 nitrogen and oxygen atoms in total. The van der Waals surface area contributed by atoms with Crippen molar-refractivity contribution in [2.24, 2.45) is 0 Å². The first-order chi connectivity index (χ1) is 8.76. The maximum Gasteiger partial charge on any atom is 0.162 e. The number of rotatable bonds is 5. The lowest BCUT2D eigenvalue weighted by Crippen LogP contribution is -2.22. The van der Waals surface area contributed by atoms with Crippen molar-refractivity contribution in [3.05, 3.63) is 22.2 Å². The maximum atomic E-state index is 5.65. The van der Waals surface area contributed by atoms with Crippen molar-refractivity contribution in [3.63, 3.8) is 0 Å². The highest BCUT2D eigenvalue weighted by Gasteiger charge is 2.19. The fourth-order valence-electron chi connectivity index (χ4n) is 2.25. The first kappa shape index (κ1) is 13.7. The van der Waals surface area contributed by atoms with Crippen molar-refractivity contribution in [2.45, 2.75) is 32.7 Å². The van der Waals surface area contributed by atoms with E-state index >= 15 is 0 Å². The van der Waals surface area contributed by atoms with Crippen LogP contribution in [0, 0.1) is 0 Å². The van der Waals surface area contributed by atoms with Gasteiger partial charge in [-0.1, -0.05) is 36.2 Å². The second kappa shape index (κ2) is 6.43. The average molecular weight is 314 g/mol. The molecule has 0 fully saturated rings. The molecular weight excluding hydrogens is 294 g/mol. The SMILES string of the molecule is CCCC(NCC)c1cc2c(cc1Br)OCCO2. The summed E-state index contributed by atoms with van der Waals surface area (Å²) in [7, 11) is 0. The van der Waals surface area contributed by atoms with Crippen molar-refractivity contribution < 1.29 is 9.47 Å². The third-order valence-corrected chi connectivity index (χ3v) is 3.75. The molecule has 100 valence electrons. The van der Waals surface area contributed by atoms with Crippen molar-refractivity contribution in [2.75, 3.05) is 19.8 Å². The Labute approximate surface area is 117 Å². The van der Waals surface area contributed by atoms with Crippen LogP contribution in [0.5, 0.6) is 11.5 Å². The fraction of sp³-hybridized carbons (Fsp3) is 0.571. The predicted octanol–water partition coefficient (Wildman–Crippen LogP) is 3.67. The minimum atomic E-state index is 0.366. The van der Waals surface area contributed by atoms with Gasteiger partial charge in [-0.25, -0.2) is 0 Å². The summed E-state index contributed by atoms with van der Waals surface area (Å²) >= 11 is 3.64. The van der Waals surface area contributed by atoms with Gasteiger partial charge in [0, 0.05) is 10.5 Å². The number of benzene rings is 1. The normalized spacial score (nSPS) is 15.5. The largest absolute Gasteiger partial charge is 0.486 e. The maximum absolute atomic E-state index is 5.65. The van der Waals surface area contributed by atoms with Gasteiger partial charge in [-0.05, 0) is 30.7 Å². The molecule has 0 amide bonds. The Morgan fingerprint density at radius 3 is 2.50 bits per heavy atom. The molecule has 2 rings (SSSR count). The average Bonchev–Trinajstić information content (AvgIpc) is 2.38. The quantitative estimate of drug-likeness (QED) is 0.899. The van der Waals surface area contributed by atoms with Gasteiger partial charge in [0.05, 0.1) is 0 Å². The molecule has 0 saturated carbocycles. The number of hydrogen-bond donors (Lipinski definition) is 1. The van der Waals surface area contributed by atoms with Gasteiger partial charge in [0.1, 0.15) is 13.2 Å². The summed E-state index contributed by atoms with van der Waals surface area (Å²) < 4.78 is 12.3. The molecule has 1 aromatic carbocycles. The lowest BCUT2D eigenvalue weighted by atomic mass is 10.0. The molecule has 0 aromatic heterocycles. The zero-order chi connectivity index (χ0) is 13.0. The van der Waals surface area contributed by atoms with Gasteiger partial charge in [0.15, 0.2) is 11.5 Å². The molecule has 1 aliphatic heterocycles. The number of fused-ring (bicyclic) bond motifs is 1. The number of nitrogens with one attached hydrogen (secondary N) is 1. The van der Waals surface area contributed by atoms with Crippen LogP contribution in [-0.2, 0) is 0 Å². The fourth-order valence-corrected chi connectivity index (χ4v) is 2.85. The monoisotopic (exact) mass is 313 g/mol. The van der Waals surface area contributed by atoms with E-state index in [4.69, 9.17) is 9.47 Å². The summed E-state index contributed by atoms with van der Waals surface area (Å²) in [4.78, 5) is 0. The molecule has 1 N–H and O–H groups in total. The summed E-state index contributed by atoms with van der Waals surface area (Å²) in [5, 5.41) is 3.52. The van der Waals surface area contributed by atoms with Crippen molar-refractivity contribution in [1.29, 1.82) is 0 Å². The molecule has 0 aliphatic carbocycles. The van der Waals surface area contributed by atoms with Crippen LogP contribution in [0.3, 0.4) is 0 Å². The minimum absolute atomic E-state index is 0.366. The smallest absolute Gasteiger partial charge is 0.162 e. The van der Waals surface area contributed by atoms with Gasteiger partial charge in [0.25, 0.3) is 0 Å². The zero-order valence-corrected chi connectivity index (χ0v) is 12.5. The van der Waals surface area contributed by atoms with Gasteiger partial charge in [0.2, 0.25) is 0 Å². The van der Waals surface area contributed by atoms with Crippen LogP contribution in [0.2, 0.25) is 0 Å². The zero-order valence-electron chi connectivity index (χ0n) is 11.0. The topological polar surface area (TPSA) is 30.5 Å². The molecule has 1 aromatic rings. The van der Waals surface area contributed by atoms with Crippen LogP contribution in [0.1, 0.15) is 38.3 Å². The summed E-state index contributed by atoms with van der Waals surface area (Å²) in [6.07, 6.45) is 2.27. The molecule has 0 radical (unpaired) electrons. The van der Waals surface area contributed by atoms with Crippen molar-refractivity contribution in [3.8, 4) is 11.5 Å². The van der Waals surface area contributed by atoms with Gasteiger partial charge in [-0.15, -0.1) is 0 Å². The second-order valence-electron chi connectivity index (χ2n) is 4.42. The highest BCUT2D eigenvalue weighted by atomic mass is 79.9. The van der Waals surface area contributed by atoms with E-state index in [2.05, 4.69) is 41.2 Å². The molecule has 1 unspecified atom stereocenters. The second-order valence-corrected chi connectivity index (χ2v) is 5.27. The van der Waals surface area contributed by atoms with Gasteiger partial charge in [-0.2, -0.15) is 0 Å². The van der Waals surface area contributed by atoms with E-state index in [0.717, 1.165) is 35.4 Å². The van der Waals surface area contributed by atoms with Crippen LogP contribution in [0.25, 0.3) is 0 Å². The Hall–Kier alpha value is -0.740. The van der Waals surface area contributed by atoms with Crippen LogP contribution in [0.4, 0.5) is 0 Å². The Kier molecular flexibility index (Phi) is 4.89. The van der Waals surface area contributed by atoms with Gasteiger partial charge >= 0.3 is 0 Å². The van der Waals surface area contributed by atoms with E-state index in [0.29, 0.717) is 19.3 Å². The van der Waals surface area contributed by atoms with Crippen LogP contribution >= 0.6 is 15.9 Å². The lowest BCUT2D eigenvalue weighted by molar-refractivity contribution is 0.171. The summed E-state index contributed by atoms with van der Waals surface area (Å²) in [6, 6.07) is 4.48. The van der Waals surface area contributed by atoms with Gasteiger partial charge < -0.3 is 14.8 Å². The third-order valence-electron chi connectivity index (χ3n) is 3.06. The highest BCUT2D eigenvalue weighted by Crippen LogP contribution is 2.38. The van der Waals surface area contributed by atoms with E-state index in [9.17, 15) is 0 Å². The van der Waals surface area contributed by atoms with Crippen LogP contribution in [-0.4, -0.2) is 19.8 Å². The lowest BCUT2D eigenvalue weighted by Gasteiger charge is -2.24. The Morgan fingerprint density at radius 2 is 1.89 bits per heavy atom. The van der Waals surface area contributed by atoms with Crippen molar-refractivity contribution >= 4 is 15.9 Å². The Bertz CT molecular complexity index is 403. The highest BCUT2D eigenvalue weighted by molar-refractivity contribution is 9.10. The van der Waals surface area contributed by atoms with E-state index < -0.39 is 0 Å². The molecule has 1 aliphatic rings. The number of ether oxygens (including phenoxy) is 2. The van der Waals surface area contributed by atoms with E-state index in [1.165, 1.54) is 5.56 Å². The standard InChI is InChI=1S/C14H20BrNO2/c1-3-5-12(16-4-2)10-8-13-14(9-11(10)15)18-7-6-17-13/h8-9,12,16H,3-7H2,1-2H3. The molecule has 18 heavy (non-hydrogen) atoms.